The van der Waals surface area contributed by atoms with Gasteiger partial charge in [0.05, 0.1) is 11.6 Å². The van der Waals surface area contributed by atoms with E-state index >= 15 is 0 Å². The number of aryl methyl sites for hydroxylation is 1. The van der Waals surface area contributed by atoms with Crippen molar-refractivity contribution in [2.75, 3.05) is 13.1 Å². The van der Waals surface area contributed by atoms with Gasteiger partial charge in [0.25, 0.3) is 0 Å². The van der Waals surface area contributed by atoms with Crippen LogP contribution in [-0.2, 0) is 9.59 Å². The summed E-state index contributed by atoms with van der Waals surface area (Å²) in [6.07, 6.45) is 0.226. The van der Waals surface area contributed by atoms with E-state index in [4.69, 9.17) is 17.3 Å². The number of benzene rings is 1. The van der Waals surface area contributed by atoms with Gasteiger partial charge in [0.15, 0.2) is 0 Å². The van der Waals surface area contributed by atoms with Crippen LogP contribution in [0.3, 0.4) is 0 Å². The fraction of sp³-hybridized carbons (Fsp3) is 0.385. The van der Waals surface area contributed by atoms with Crippen LogP contribution in [0.15, 0.2) is 12.1 Å². The lowest BCUT2D eigenvalue weighted by atomic mass is 9.95. The topological polar surface area (TPSA) is 83.6 Å². The van der Waals surface area contributed by atoms with E-state index in [0.29, 0.717) is 17.1 Å². The fourth-order valence-electron chi connectivity index (χ4n) is 2.39. The number of primary amides is 1. The molecule has 1 heterocycles. The van der Waals surface area contributed by atoms with Crippen LogP contribution in [0.2, 0.25) is 5.02 Å². The molecule has 0 bridgehead atoms. The minimum absolute atomic E-state index is 0.0781. The Morgan fingerprint density at radius 1 is 1.58 bits per heavy atom. The van der Waals surface area contributed by atoms with Crippen LogP contribution in [-0.4, -0.2) is 34.9 Å². The number of hydrogen-bond donors (Lipinski definition) is 2. The first-order valence-electron chi connectivity index (χ1n) is 5.94. The van der Waals surface area contributed by atoms with E-state index in [1.165, 1.54) is 4.90 Å². The van der Waals surface area contributed by atoms with Crippen LogP contribution >= 0.6 is 11.6 Å². The maximum atomic E-state index is 11.8. The van der Waals surface area contributed by atoms with Crippen molar-refractivity contribution in [1.29, 1.82) is 0 Å². The van der Waals surface area contributed by atoms with Gasteiger partial charge in [-0.15, -0.1) is 0 Å². The molecule has 2 rings (SSSR count). The third kappa shape index (κ3) is 2.66. The number of phenolic OH excluding ortho intramolecular Hbond substituents is 1. The van der Waals surface area contributed by atoms with E-state index in [2.05, 4.69) is 0 Å². The molecule has 0 radical (unpaired) electrons. The van der Waals surface area contributed by atoms with Gasteiger partial charge in [0.1, 0.15) is 5.75 Å². The summed E-state index contributed by atoms with van der Waals surface area (Å²) in [6.45, 7) is 2.08. The second-order valence-electron chi connectivity index (χ2n) is 4.77. The SMILES string of the molecule is Cc1ccc(O)c([C@@H]2CC(=O)N(CC(N)=O)C2)c1Cl. The second kappa shape index (κ2) is 5.09. The van der Waals surface area contributed by atoms with Gasteiger partial charge in [-0.1, -0.05) is 17.7 Å². The normalized spacial score (nSPS) is 18.9. The Morgan fingerprint density at radius 3 is 2.89 bits per heavy atom. The van der Waals surface area contributed by atoms with Crippen LogP contribution < -0.4 is 5.73 Å². The highest BCUT2D eigenvalue weighted by Crippen LogP contribution is 2.39. The van der Waals surface area contributed by atoms with E-state index in [0.717, 1.165) is 5.56 Å². The highest BCUT2D eigenvalue weighted by atomic mass is 35.5. The fourth-order valence-corrected chi connectivity index (χ4v) is 2.70. The number of amides is 2. The molecule has 5 nitrogen and oxygen atoms in total. The predicted octanol–water partition coefficient (Wildman–Crippen LogP) is 1.16. The average molecular weight is 283 g/mol. The molecular formula is C13H15ClN2O3. The summed E-state index contributed by atoms with van der Waals surface area (Å²) in [5.41, 5.74) is 6.51. The number of likely N-dealkylation sites (tertiary alicyclic amines) is 1. The van der Waals surface area contributed by atoms with Crippen molar-refractivity contribution in [2.45, 2.75) is 19.3 Å². The smallest absolute Gasteiger partial charge is 0.237 e. The Kier molecular flexibility index (Phi) is 3.66. The molecule has 2 amide bonds. The van der Waals surface area contributed by atoms with Crippen molar-refractivity contribution in [3.8, 4) is 5.75 Å². The van der Waals surface area contributed by atoms with Gasteiger partial charge < -0.3 is 15.7 Å². The standard InChI is InChI=1S/C13H15ClN2O3/c1-7-2-3-9(17)12(13(7)14)8-4-11(19)16(5-8)6-10(15)18/h2-3,8,17H,4-6H2,1H3,(H2,15,18)/t8-/m1/s1. The first kappa shape index (κ1) is 13.7. The first-order valence-corrected chi connectivity index (χ1v) is 6.32. The molecule has 1 fully saturated rings. The summed E-state index contributed by atoms with van der Waals surface area (Å²) in [7, 11) is 0. The van der Waals surface area contributed by atoms with Crippen molar-refractivity contribution >= 4 is 23.4 Å². The molecule has 0 saturated carbocycles. The third-order valence-corrected chi connectivity index (χ3v) is 3.82. The molecule has 1 saturated heterocycles. The number of nitrogens with zero attached hydrogens (tertiary/aromatic N) is 1. The van der Waals surface area contributed by atoms with Crippen molar-refractivity contribution < 1.29 is 14.7 Å². The van der Waals surface area contributed by atoms with Gasteiger partial charge in [-0.2, -0.15) is 0 Å². The Balaban J connectivity index is 2.28. The molecule has 1 atom stereocenters. The first-order chi connectivity index (χ1) is 8.90. The number of hydrogen-bond acceptors (Lipinski definition) is 3. The number of nitrogens with two attached hydrogens (primary N) is 1. The zero-order chi connectivity index (χ0) is 14.2. The minimum atomic E-state index is -0.548. The van der Waals surface area contributed by atoms with Gasteiger partial charge >= 0.3 is 0 Å². The van der Waals surface area contributed by atoms with E-state index < -0.39 is 5.91 Å². The summed E-state index contributed by atoms with van der Waals surface area (Å²) in [4.78, 5) is 24.1. The van der Waals surface area contributed by atoms with Crippen molar-refractivity contribution in [1.82, 2.24) is 4.90 Å². The second-order valence-corrected chi connectivity index (χ2v) is 5.15. The Morgan fingerprint density at radius 2 is 2.26 bits per heavy atom. The van der Waals surface area contributed by atoms with Crippen molar-refractivity contribution in [3.05, 3.63) is 28.3 Å². The van der Waals surface area contributed by atoms with Gasteiger partial charge in [0, 0.05) is 24.4 Å². The zero-order valence-corrected chi connectivity index (χ0v) is 11.3. The maximum Gasteiger partial charge on any atom is 0.237 e. The summed E-state index contributed by atoms with van der Waals surface area (Å²) < 4.78 is 0. The van der Waals surface area contributed by atoms with Gasteiger partial charge in [-0.05, 0) is 18.6 Å². The van der Waals surface area contributed by atoms with Crippen molar-refractivity contribution in [2.24, 2.45) is 5.73 Å². The molecule has 0 aliphatic carbocycles. The van der Waals surface area contributed by atoms with Gasteiger partial charge in [-0.25, -0.2) is 0 Å². The number of carbonyl (C=O) groups is 2. The van der Waals surface area contributed by atoms with Crippen LogP contribution in [0.1, 0.15) is 23.5 Å². The predicted molar refractivity (Wildman–Crippen MR) is 71.0 cm³/mol. The maximum absolute atomic E-state index is 11.8. The molecule has 0 unspecified atom stereocenters. The zero-order valence-electron chi connectivity index (χ0n) is 10.5. The minimum Gasteiger partial charge on any atom is -0.508 e. The Hall–Kier alpha value is -1.75. The summed E-state index contributed by atoms with van der Waals surface area (Å²) in [6, 6.07) is 3.29. The summed E-state index contributed by atoms with van der Waals surface area (Å²) >= 11 is 6.20. The lowest BCUT2D eigenvalue weighted by Crippen LogP contribution is -2.34. The van der Waals surface area contributed by atoms with Crippen LogP contribution in [0.4, 0.5) is 0 Å². The molecule has 1 aromatic carbocycles. The molecule has 1 aliphatic rings. The van der Waals surface area contributed by atoms with Gasteiger partial charge in [0.2, 0.25) is 11.8 Å². The number of halogens is 1. The largest absolute Gasteiger partial charge is 0.508 e. The van der Waals surface area contributed by atoms with Crippen LogP contribution in [0, 0.1) is 6.92 Å². The molecule has 0 aromatic heterocycles. The molecule has 102 valence electrons. The molecule has 3 N–H and O–H groups in total. The quantitative estimate of drug-likeness (QED) is 0.872. The molecular weight excluding hydrogens is 268 g/mol. The van der Waals surface area contributed by atoms with Crippen LogP contribution in [0.5, 0.6) is 5.75 Å². The average Bonchev–Trinajstić information content (AvgIpc) is 2.65. The Bertz CT molecular complexity index is 545. The summed E-state index contributed by atoms with van der Waals surface area (Å²) in [5, 5.41) is 10.4. The molecule has 1 aliphatic heterocycles. The molecule has 6 heteroatoms. The molecule has 0 spiro atoms. The third-order valence-electron chi connectivity index (χ3n) is 3.32. The number of rotatable bonds is 3. The molecule has 1 aromatic rings. The summed E-state index contributed by atoms with van der Waals surface area (Å²) in [5.74, 6) is -0.831. The highest BCUT2D eigenvalue weighted by Gasteiger charge is 2.34. The number of phenols is 1. The molecule has 19 heavy (non-hydrogen) atoms. The lowest BCUT2D eigenvalue weighted by molar-refractivity contribution is -0.132. The monoisotopic (exact) mass is 282 g/mol. The van der Waals surface area contributed by atoms with E-state index in [-0.39, 0.29) is 30.5 Å². The van der Waals surface area contributed by atoms with Crippen LogP contribution in [0.25, 0.3) is 0 Å². The van der Waals surface area contributed by atoms with E-state index in [9.17, 15) is 14.7 Å². The van der Waals surface area contributed by atoms with E-state index in [1.807, 2.05) is 6.92 Å². The number of carbonyl (C=O) groups excluding carboxylic acids is 2. The number of aromatic hydroxyl groups is 1. The Labute approximate surface area is 116 Å². The van der Waals surface area contributed by atoms with Gasteiger partial charge in [-0.3, -0.25) is 9.59 Å². The van der Waals surface area contributed by atoms with Crippen molar-refractivity contribution in [3.63, 3.8) is 0 Å². The highest BCUT2D eigenvalue weighted by molar-refractivity contribution is 6.32. The van der Waals surface area contributed by atoms with E-state index in [1.54, 1.807) is 12.1 Å². The lowest BCUT2D eigenvalue weighted by Gasteiger charge is -2.17.